The quantitative estimate of drug-likeness (QED) is 0.612. The Hall–Kier alpha value is -1.11. The largest absolute Gasteiger partial charge is 0.255 e. The molecular weight excluding hydrogens is 214 g/mol. The summed E-state index contributed by atoms with van der Waals surface area (Å²) in [4.78, 5) is 4.25. The zero-order valence-corrected chi connectivity index (χ0v) is 7.88. The van der Waals surface area contributed by atoms with Crippen LogP contribution in [0.15, 0.2) is 34.6 Å². The van der Waals surface area contributed by atoms with Gasteiger partial charge in [-0.3, -0.25) is 4.98 Å². The van der Waals surface area contributed by atoms with E-state index in [1.807, 2.05) is 30.4 Å². The number of aromatic nitrogens is 1. The van der Waals surface area contributed by atoms with Crippen molar-refractivity contribution < 1.29 is 0 Å². The molecule has 0 saturated carbocycles. The number of hydrogen-bond donors (Lipinski definition) is 0. The highest BCUT2D eigenvalue weighted by Gasteiger charge is 1.98. The summed E-state index contributed by atoms with van der Waals surface area (Å²) in [6, 6.07) is 2.03. The predicted octanol–water partition coefficient (Wildman–Crippen LogP) is 3.04. The fourth-order valence-electron chi connectivity index (χ4n) is 1.05. The molecule has 1 heterocycles. The van der Waals surface area contributed by atoms with Crippen LogP contribution >= 0.6 is 15.9 Å². The molecule has 0 atom stereocenters. The fraction of sp³-hybridized carbons (Fsp3) is 0. The molecule has 1 nitrogen and oxygen atoms in total. The minimum atomic E-state index is 0.986. The van der Waals surface area contributed by atoms with Gasteiger partial charge in [-0.2, -0.15) is 0 Å². The average molecular weight is 220 g/mol. The van der Waals surface area contributed by atoms with Gasteiger partial charge >= 0.3 is 0 Å². The minimum absolute atomic E-state index is 0.986. The third-order valence-electron chi connectivity index (χ3n) is 1.60. The van der Waals surface area contributed by atoms with Gasteiger partial charge < -0.3 is 0 Å². The van der Waals surface area contributed by atoms with Gasteiger partial charge in [0.1, 0.15) is 0 Å². The summed E-state index contributed by atoms with van der Waals surface area (Å²) in [5.41, 5.74) is 5.11. The number of hydrogen-bond acceptors (Lipinski definition) is 1. The molecule has 0 saturated heterocycles. The molecule has 0 aromatic carbocycles. The number of rotatable bonds is 0. The van der Waals surface area contributed by atoms with Gasteiger partial charge in [0.15, 0.2) is 0 Å². The number of nitrogens with zero attached hydrogens (tertiary/aromatic N) is 1. The molecule has 1 aliphatic rings. The summed E-state index contributed by atoms with van der Waals surface area (Å²) in [5, 5.41) is 0. The zero-order chi connectivity index (χ0) is 8.39. The lowest BCUT2D eigenvalue weighted by atomic mass is 10.2. The summed E-state index contributed by atoms with van der Waals surface area (Å²) in [6.07, 6.45) is 9.49. The molecule has 0 aliphatic heterocycles. The Morgan fingerprint density at radius 3 is 3.25 bits per heavy atom. The highest BCUT2D eigenvalue weighted by molar-refractivity contribution is 9.10. The van der Waals surface area contributed by atoms with Crippen LogP contribution in [0.3, 0.4) is 0 Å². The number of fused-ring (bicyclic) bond motifs is 1. The molecule has 0 spiro atoms. The smallest absolute Gasteiger partial charge is 0.0709 e. The van der Waals surface area contributed by atoms with Crippen LogP contribution in [0.2, 0.25) is 0 Å². The number of allylic oxidation sites excluding steroid dienone is 2. The maximum atomic E-state index is 4.25. The van der Waals surface area contributed by atoms with Gasteiger partial charge in [-0.05, 0) is 40.2 Å². The molecule has 2 rings (SSSR count). The summed E-state index contributed by atoms with van der Waals surface area (Å²) in [5.74, 6) is 0. The number of halogens is 1. The van der Waals surface area contributed by atoms with E-state index in [1.54, 1.807) is 6.20 Å². The van der Waals surface area contributed by atoms with E-state index in [1.165, 1.54) is 0 Å². The zero-order valence-electron chi connectivity index (χ0n) is 6.29. The first-order valence-corrected chi connectivity index (χ1v) is 4.40. The Labute approximate surface area is 79.3 Å². The lowest BCUT2D eigenvalue weighted by Gasteiger charge is -1.98. The fourth-order valence-corrected chi connectivity index (χ4v) is 1.40. The molecule has 12 heavy (non-hydrogen) atoms. The topological polar surface area (TPSA) is 12.9 Å². The Morgan fingerprint density at radius 2 is 2.33 bits per heavy atom. The Kier molecular flexibility index (Phi) is 1.94. The summed E-state index contributed by atoms with van der Waals surface area (Å²) in [7, 11) is 0. The molecule has 2 heteroatoms. The van der Waals surface area contributed by atoms with Crippen LogP contribution < -0.4 is 0 Å². The van der Waals surface area contributed by atoms with Crippen molar-refractivity contribution in [2.75, 3.05) is 0 Å². The molecule has 0 amide bonds. The van der Waals surface area contributed by atoms with Crippen LogP contribution in [-0.4, -0.2) is 4.98 Å². The molecule has 1 aliphatic carbocycles. The van der Waals surface area contributed by atoms with Gasteiger partial charge in [0.2, 0.25) is 0 Å². The summed E-state index contributed by atoms with van der Waals surface area (Å²) >= 11 is 3.37. The van der Waals surface area contributed by atoms with Gasteiger partial charge in [0.25, 0.3) is 0 Å². The molecule has 0 bridgehead atoms. The van der Waals surface area contributed by atoms with Crippen molar-refractivity contribution >= 4 is 28.1 Å². The molecular formula is C10H6BrN. The van der Waals surface area contributed by atoms with Crippen LogP contribution in [0, 0.1) is 0 Å². The third kappa shape index (κ3) is 1.40. The van der Waals surface area contributed by atoms with Gasteiger partial charge in [-0.25, -0.2) is 0 Å². The first kappa shape index (κ1) is 7.53. The Bertz CT molecular complexity index is 398. The van der Waals surface area contributed by atoms with Crippen LogP contribution in [0.25, 0.3) is 12.2 Å². The average Bonchev–Trinajstić information content (AvgIpc) is 2.28. The van der Waals surface area contributed by atoms with Crippen molar-refractivity contribution in [1.82, 2.24) is 4.98 Å². The van der Waals surface area contributed by atoms with E-state index in [9.17, 15) is 0 Å². The second-order valence-electron chi connectivity index (χ2n) is 2.46. The van der Waals surface area contributed by atoms with Crippen molar-refractivity contribution in [3.63, 3.8) is 0 Å². The normalized spacial score (nSPS) is 12.8. The lowest BCUT2D eigenvalue weighted by molar-refractivity contribution is 1.27. The predicted molar refractivity (Wildman–Crippen MR) is 53.5 cm³/mol. The van der Waals surface area contributed by atoms with Gasteiger partial charge in [0.05, 0.1) is 5.69 Å². The molecule has 0 N–H and O–H groups in total. The van der Waals surface area contributed by atoms with Crippen LogP contribution in [0.1, 0.15) is 11.3 Å². The second-order valence-corrected chi connectivity index (χ2v) is 3.38. The molecule has 0 unspecified atom stereocenters. The van der Waals surface area contributed by atoms with E-state index in [4.69, 9.17) is 0 Å². The minimum Gasteiger partial charge on any atom is -0.255 e. The molecule has 0 fully saturated rings. The summed E-state index contributed by atoms with van der Waals surface area (Å²) < 4.78 is 0.995. The highest BCUT2D eigenvalue weighted by Crippen LogP contribution is 2.17. The monoisotopic (exact) mass is 219 g/mol. The number of pyridine rings is 1. The standard InChI is InChI=1S/C10H6BrN/c11-9-6-8-4-2-1-3-5-10(8)12-7-9/h1,3-7H. The first-order chi connectivity index (χ1) is 5.86. The van der Waals surface area contributed by atoms with Crippen molar-refractivity contribution in [2.45, 2.75) is 0 Å². The van der Waals surface area contributed by atoms with Gasteiger partial charge in [-0.1, -0.05) is 6.08 Å². The maximum absolute atomic E-state index is 4.25. The Balaban J connectivity index is 2.66. The summed E-state index contributed by atoms with van der Waals surface area (Å²) in [6.45, 7) is 0. The van der Waals surface area contributed by atoms with Gasteiger partial charge in [-0.15, -0.1) is 5.73 Å². The van der Waals surface area contributed by atoms with Crippen molar-refractivity contribution in [3.8, 4) is 0 Å². The molecule has 1 aromatic heterocycles. The van der Waals surface area contributed by atoms with Crippen LogP contribution in [-0.2, 0) is 0 Å². The molecule has 58 valence electrons. The SMILES string of the molecule is Brc1cnc2c(c1)C=C=CC=C2. The van der Waals surface area contributed by atoms with Crippen molar-refractivity contribution in [3.05, 3.63) is 45.9 Å². The van der Waals surface area contributed by atoms with E-state index in [0.29, 0.717) is 0 Å². The maximum Gasteiger partial charge on any atom is 0.0709 e. The van der Waals surface area contributed by atoms with E-state index in [2.05, 4.69) is 26.6 Å². The van der Waals surface area contributed by atoms with Crippen LogP contribution in [0.4, 0.5) is 0 Å². The highest BCUT2D eigenvalue weighted by atomic mass is 79.9. The second kappa shape index (κ2) is 3.10. The molecule has 0 radical (unpaired) electrons. The van der Waals surface area contributed by atoms with E-state index in [-0.39, 0.29) is 0 Å². The first-order valence-electron chi connectivity index (χ1n) is 3.61. The van der Waals surface area contributed by atoms with E-state index >= 15 is 0 Å². The molecule has 1 aromatic rings. The van der Waals surface area contributed by atoms with E-state index < -0.39 is 0 Å². The lowest BCUT2D eigenvalue weighted by Crippen LogP contribution is -1.84. The van der Waals surface area contributed by atoms with E-state index in [0.717, 1.165) is 15.7 Å². The van der Waals surface area contributed by atoms with Crippen molar-refractivity contribution in [2.24, 2.45) is 0 Å². The Morgan fingerprint density at radius 1 is 1.42 bits per heavy atom. The van der Waals surface area contributed by atoms with Crippen molar-refractivity contribution in [1.29, 1.82) is 0 Å². The van der Waals surface area contributed by atoms with Gasteiger partial charge in [0, 0.05) is 16.2 Å². The van der Waals surface area contributed by atoms with Crippen LogP contribution in [0.5, 0.6) is 0 Å². The third-order valence-corrected chi connectivity index (χ3v) is 2.04.